The van der Waals surface area contributed by atoms with E-state index in [9.17, 15) is 9.90 Å². The molecule has 18 heavy (non-hydrogen) atoms. The molecule has 1 N–H and O–H groups in total. The van der Waals surface area contributed by atoms with Crippen molar-refractivity contribution < 1.29 is 14.6 Å². The maximum absolute atomic E-state index is 11.9. The molecular weight excluding hydrogens is 232 g/mol. The molecule has 0 fully saturated rings. The first-order valence-electron chi connectivity index (χ1n) is 5.90. The lowest BCUT2D eigenvalue weighted by atomic mass is 10.3. The van der Waals surface area contributed by atoms with Gasteiger partial charge in [-0.25, -0.2) is 0 Å². The van der Waals surface area contributed by atoms with E-state index in [1.807, 2.05) is 0 Å². The highest BCUT2D eigenvalue weighted by Crippen LogP contribution is 1.96. The van der Waals surface area contributed by atoms with E-state index in [0.29, 0.717) is 19.6 Å². The summed E-state index contributed by atoms with van der Waals surface area (Å²) >= 11 is 0. The number of amides is 1. The molecule has 0 heterocycles. The largest absolute Gasteiger partial charge is 0.389 e. The van der Waals surface area contributed by atoms with Gasteiger partial charge in [-0.15, -0.1) is 13.2 Å². The quantitative estimate of drug-likeness (QED) is 0.564. The Hall–Kier alpha value is -1.17. The molecule has 0 radical (unpaired) electrons. The van der Waals surface area contributed by atoms with Crippen molar-refractivity contribution in [2.75, 3.05) is 46.9 Å². The minimum atomic E-state index is -0.583. The number of nitrogens with zero attached hydrogens (tertiary/aromatic N) is 2. The number of hydrogen-bond acceptors (Lipinski definition) is 4. The summed E-state index contributed by atoms with van der Waals surface area (Å²) in [5.41, 5.74) is 0. The molecule has 0 saturated carbocycles. The smallest absolute Gasteiger partial charge is 0.237 e. The number of ether oxygens (including phenoxy) is 1. The van der Waals surface area contributed by atoms with Crippen LogP contribution in [0.3, 0.4) is 0 Å². The number of aliphatic hydroxyl groups excluding tert-OH is 1. The highest BCUT2D eigenvalue weighted by atomic mass is 16.5. The second-order valence-corrected chi connectivity index (χ2v) is 4.18. The van der Waals surface area contributed by atoms with Gasteiger partial charge in [0.25, 0.3) is 0 Å². The van der Waals surface area contributed by atoms with Crippen molar-refractivity contribution in [1.82, 2.24) is 9.80 Å². The van der Waals surface area contributed by atoms with Gasteiger partial charge in [0.05, 0.1) is 19.3 Å². The summed E-state index contributed by atoms with van der Waals surface area (Å²) in [7, 11) is 3.32. The van der Waals surface area contributed by atoms with Crippen LogP contribution in [0.25, 0.3) is 0 Å². The average molecular weight is 256 g/mol. The zero-order valence-electron chi connectivity index (χ0n) is 11.3. The van der Waals surface area contributed by atoms with Crippen LogP contribution < -0.4 is 0 Å². The van der Waals surface area contributed by atoms with Crippen molar-refractivity contribution in [2.45, 2.75) is 6.10 Å². The maximum atomic E-state index is 11.9. The Balaban J connectivity index is 4.17. The van der Waals surface area contributed by atoms with Gasteiger partial charge < -0.3 is 14.7 Å². The van der Waals surface area contributed by atoms with Crippen molar-refractivity contribution in [3.8, 4) is 0 Å². The standard InChI is InChI=1S/C13H24N2O3/c1-5-7-15(8-6-2)13(17)10-14(3)9-12(16)11-18-4/h5-6,12,16H,1-2,7-11H2,3-4H3. The van der Waals surface area contributed by atoms with Crippen molar-refractivity contribution in [3.05, 3.63) is 25.3 Å². The van der Waals surface area contributed by atoms with Gasteiger partial charge in [0, 0.05) is 26.7 Å². The topological polar surface area (TPSA) is 53.0 Å². The Bertz CT molecular complexity index is 259. The highest BCUT2D eigenvalue weighted by molar-refractivity contribution is 5.78. The van der Waals surface area contributed by atoms with Crippen molar-refractivity contribution in [2.24, 2.45) is 0 Å². The third-order valence-corrected chi connectivity index (χ3v) is 2.34. The molecule has 0 aromatic carbocycles. The van der Waals surface area contributed by atoms with Crippen LogP contribution in [0.1, 0.15) is 0 Å². The molecule has 5 nitrogen and oxygen atoms in total. The Labute approximate surface area is 109 Å². The second-order valence-electron chi connectivity index (χ2n) is 4.18. The minimum absolute atomic E-state index is 0.0121. The third kappa shape index (κ3) is 7.21. The first-order valence-corrected chi connectivity index (χ1v) is 5.90. The summed E-state index contributed by atoms with van der Waals surface area (Å²) in [6.07, 6.45) is 2.78. The molecule has 0 saturated heterocycles. The van der Waals surface area contributed by atoms with E-state index in [-0.39, 0.29) is 19.1 Å². The fourth-order valence-corrected chi connectivity index (χ4v) is 1.59. The third-order valence-electron chi connectivity index (χ3n) is 2.34. The number of likely N-dealkylation sites (N-methyl/N-ethyl adjacent to an activating group) is 1. The van der Waals surface area contributed by atoms with Crippen molar-refractivity contribution in [3.63, 3.8) is 0 Å². The summed E-state index contributed by atoms with van der Waals surface area (Å²) in [6, 6.07) is 0. The fourth-order valence-electron chi connectivity index (χ4n) is 1.59. The van der Waals surface area contributed by atoms with Crippen LogP contribution >= 0.6 is 0 Å². The number of aliphatic hydroxyl groups is 1. The lowest BCUT2D eigenvalue weighted by molar-refractivity contribution is -0.131. The molecule has 0 rings (SSSR count). The molecular formula is C13H24N2O3. The highest BCUT2D eigenvalue weighted by Gasteiger charge is 2.15. The van der Waals surface area contributed by atoms with E-state index < -0.39 is 6.10 Å². The summed E-state index contributed by atoms with van der Waals surface area (Å²) in [5.74, 6) is -0.0121. The Morgan fingerprint density at radius 1 is 1.39 bits per heavy atom. The molecule has 0 aliphatic heterocycles. The van der Waals surface area contributed by atoms with Crippen LogP contribution in [0.2, 0.25) is 0 Å². The minimum Gasteiger partial charge on any atom is -0.389 e. The molecule has 1 amide bonds. The number of rotatable bonds is 10. The van der Waals surface area contributed by atoms with E-state index in [0.717, 1.165) is 0 Å². The SMILES string of the molecule is C=CCN(CC=C)C(=O)CN(C)CC(O)COC. The van der Waals surface area contributed by atoms with E-state index in [1.54, 1.807) is 29.0 Å². The summed E-state index contributed by atoms with van der Waals surface area (Å²) in [4.78, 5) is 15.4. The van der Waals surface area contributed by atoms with Gasteiger partial charge in [-0.3, -0.25) is 9.69 Å². The van der Waals surface area contributed by atoms with Gasteiger partial charge in [-0.1, -0.05) is 12.2 Å². The Morgan fingerprint density at radius 2 is 1.94 bits per heavy atom. The van der Waals surface area contributed by atoms with Crippen LogP contribution in [0.4, 0.5) is 0 Å². The average Bonchev–Trinajstić information content (AvgIpc) is 2.28. The fraction of sp³-hybridized carbons (Fsp3) is 0.615. The zero-order valence-corrected chi connectivity index (χ0v) is 11.3. The van der Waals surface area contributed by atoms with E-state index >= 15 is 0 Å². The molecule has 104 valence electrons. The normalized spacial score (nSPS) is 12.2. The van der Waals surface area contributed by atoms with Gasteiger partial charge in [-0.05, 0) is 7.05 Å². The predicted molar refractivity (Wildman–Crippen MR) is 72.4 cm³/mol. The van der Waals surface area contributed by atoms with Crippen LogP contribution in [-0.4, -0.2) is 73.9 Å². The van der Waals surface area contributed by atoms with Crippen molar-refractivity contribution in [1.29, 1.82) is 0 Å². The number of hydrogen-bond donors (Lipinski definition) is 1. The number of methoxy groups -OCH3 is 1. The van der Waals surface area contributed by atoms with Crippen LogP contribution in [0.15, 0.2) is 25.3 Å². The van der Waals surface area contributed by atoms with Crippen LogP contribution in [0.5, 0.6) is 0 Å². The van der Waals surface area contributed by atoms with Crippen molar-refractivity contribution >= 4 is 5.91 Å². The molecule has 0 aliphatic rings. The molecule has 0 bridgehead atoms. The van der Waals surface area contributed by atoms with Crippen LogP contribution in [-0.2, 0) is 9.53 Å². The molecule has 1 atom stereocenters. The van der Waals surface area contributed by atoms with E-state index in [4.69, 9.17) is 4.74 Å². The first-order chi connectivity index (χ1) is 8.54. The number of carbonyl (C=O) groups is 1. The number of carbonyl (C=O) groups excluding carboxylic acids is 1. The first kappa shape index (κ1) is 16.8. The molecule has 5 heteroatoms. The monoisotopic (exact) mass is 256 g/mol. The Morgan fingerprint density at radius 3 is 2.39 bits per heavy atom. The zero-order chi connectivity index (χ0) is 14.0. The predicted octanol–water partition coefficient (Wildman–Crippen LogP) is 0.126. The molecule has 0 aromatic heterocycles. The van der Waals surface area contributed by atoms with Crippen LogP contribution in [0, 0.1) is 0 Å². The second kappa shape index (κ2) is 9.82. The molecule has 1 unspecified atom stereocenters. The molecule has 0 aliphatic carbocycles. The molecule has 0 aromatic rings. The Kier molecular flexibility index (Phi) is 9.18. The lowest BCUT2D eigenvalue weighted by Crippen LogP contribution is -2.42. The van der Waals surface area contributed by atoms with Gasteiger partial charge in [0.1, 0.15) is 0 Å². The summed E-state index contributed by atoms with van der Waals surface area (Å²) in [6.45, 7) is 9.15. The summed E-state index contributed by atoms with van der Waals surface area (Å²) < 4.78 is 4.84. The van der Waals surface area contributed by atoms with Gasteiger partial charge >= 0.3 is 0 Å². The van der Waals surface area contributed by atoms with Gasteiger partial charge in [0.2, 0.25) is 5.91 Å². The molecule has 0 spiro atoms. The maximum Gasteiger partial charge on any atom is 0.237 e. The summed E-state index contributed by atoms with van der Waals surface area (Å²) in [5, 5.41) is 9.55. The van der Waals surface area contributed by atoms with Gasteiger partial charge in [0.15, 0.2) is 0 Å². The lowest BCUT2D eigenvalue weighted by Gasteiger charge is -2.24. The van der Waals surface area contributed by atoms with E-state index in [1.165, 1.54) is 7.11 Å². The van der Waals surface area contributed by atoms with Gasteiger partial charge in [-0.2, -0.15) is 0 Å². The van der Waals surface area contributed by atoms with E-state index in [2.05, 4.69) is 13.2 Å².